The summed E-state index contributed by atoms with van der Waals surface area (Å²) in [4.78, 5) is 0. The molecule has 0 radical (unpaired) electrons. The number of hydrogen-bond acceptors (Lipinski definition) is 0. The van der Waals surface area contributed by atoms with Gasteiger partial charge in [0.2, 0.25) is 0 Å². The van der Waals surface area contributed by atoms with Gasteiger partial charge in [-0.2, -0.15) is 0 Å². The lowest BCUT2D eigenvalue weighted by atomic mass is 9.94. The van der Waals surface area contributed by atoms with Crippen molar-refractivity contribution in [2.75, 3.05) is 0 Å². The molecule has 0 fully saturated rings. The van der Waals surface area contributed by atoms with Gasteiger partial charge >= 0.3 is 0 Å². The molecule has 4 heteroatoms. The highest BCUT2D eigenvalue weighted by molar-refractivity contribution is 6.32. The van der Waals surface area contributed by atoms with Crippen molar-refractivity contribution in [3.05, 3.63) is 57.1 Å². The Kier molecular flexibility index (Phi) is 7.58. The van der Waals surface area contributed by atoms with Gasteiger partial charge in [-0.1, -0.05) is 57.0 Å². The quantitative estimate of drug-likeness (QED) is 0.523. The molecule has 2 rings (SSSR count). The zero-order valence-corrected chi connectivity index (χ0v) is 14.9. The van der Waals surface area contributed by atoms with Crippen molar-refractivity contribution in [1.82, 2.24) is 0 Å². The van der Waals surface area contributed by atoms with E-state index in [1.54, 1.807) is 12.1 Å². The van der Waals surface area contributed by atoms with Crippen molar-refractivity contribution in [2.24, 2.45) is 5.92 Å². The summed E-state index contributed by atoms with van der Waals surface area (Å²) in [6.45, 7) is 8.13. The van der Waals surface area contributed by atoms with Crippen LogP contribution in [0.5, 0.6) is 0 Å². The fourth-order valence-corrected chi connectivity index (χ4v) is 2.99. The zero-order valence-electron chi connectivity index (χ0n) is 13.4. The molecule has 0 aliphatic heterocycles. The van der Waals surface area contributed by atoms with Crippen LogP contribution in [-0.4, -0.2) is 0 Å². The van der Waals surface area contributed by atoms with Gasteiger partial charge in [0.1, 0.15) is 11.6 Å². The first-order valence-electron chi connectivity index (χ1n) is 7.43. The SMILES string of the molecule is CC(C)C1=C(Cl)C(F)=CCC1.CC(C)c1ccc(F)cc1Cl. The van der Waals surface area contributed by atoms with Crippen molar-refractivity contribution in [3.63, 3.8) is 0 Å². The molecule has 22 heavy (non-hydrogen) atoms. The Morgan fingerprint density at radius 1 is 1.00 bits per heavy atom. The van der Waals surface area contributed by atoms with Crippen molar-refractivity contribution < 1.29 is 8.78 Å². The van der Waals surface area contributed by atoms with Crippen molar-refractivity contribution in [1.29, 1.82) is 0 Å². The first-order chi connectivity index (χ1) is 10.2. The van der Waals surface area contributed by atoms with Gasteiger partial charge in [-0.3, -0.25) is 0 Å². The van der Waals surface area contributed by atoms with Crippen LogP contribution in [0, 0.1) is 11.7 Å². The van der Waals surface area contributed by atoms with Gasteiger partial charge in [-0.15, -0.1) is 0 Å². The van der Waals surface area contributed by atoms with Gasteiger partial charge in [0, 0.05) is 5.02 Å². The van der Waals surface area contributed by atoms with Crippen LogP contribution in [0.3, 0.4) is 0 Å². The predicted molar refractivity (Wildman–Crippen MR) is 91.6 cm³/mol. The molecule has 0 unspecified atom stereocenters. The Morgan fingerprint density at radius 3 is 2.09 bits per heavy atom. The molecular weight excluding hydrogens is 325 g/mol. The van der Waals surface area contributed by atoms with Crippen LogP contribution >= 0.6 is 23.2 Å². The van der Waals surface area contributed by atoms with E-state index >= 15 is 0 Å². The molecule has 0 N–H and O–H groups in total. The standard InChI is InChI=1S/C9H10ClF.C9H12ClF/c1-6(2)8-4-3-7(11)5-9(8)10;1-6(2)7-4-3-5-8(11)9(7)10/h3-6H,1-2H3;5-6H,3-4H2,1-2H3. The lowest BCUT2D eigenvalue weighted by molar-refractivity contribution is 0.617. The molecule has 0 aromatic heterocycles. The second-order valence-corrected chi connectivity index (χ2v) is 6.69. The zero-order chi connectivity index (χ0) is 16.9. The highest BCUT2D eigenvalue weighted by atomic mass is 35.5. The Morgan fingerprint density at radius 2 is 1.64 bits per heavy atom. The number of halogens is 4. The monoisotopic (exact) mass is 346 g/mol. The number of allylic oxidation sites excluding steroid dienone is 4. The fraction of sp³-hybridized carbons (Fsp3) is 0.444. The van der Waals surface area contributed by atoms with E-state index in [2.05, 4.69) is 0 Å². The second-order valence-electron chi connectivity index (χ2n) is 5.91. The molecule has 1 aromatic carbocycles. The normalized spacial score (nSPS) is 14.9. The molecule has 0 spiro atoms. The summed E-state index contributed by atoms with van der Waals surface area (Å²) in [6, 6.07) is 4.50. The third-order valence-electron chi connectivity index (χ3n) is 3.51. The van der Waals surface area contributed by atoms with Crippen LogP contribution in [0.4, 0.5) is 8.78 Å². The van der Waals surface area contributed by atoms with Crippen LogP contribution in [0.2, 0.25) is 5.02 Å². The van der Waals surface area contributed by atoms with E-state index in [4.69, 9.17) is 23.2 Å². The van der Waals surface area contributed by atoms with Crippen LogP contribution in [0.25, 0.3) is 0 Å². The molecule has 0 amide bonds. The Labute approximate surface area is 141 Å². The summed E-state index contributed by atoms with van der Waals surface area (Å²) < 4.78 is 25.4. The predicted octanol–water partition coefficient (Wildman–Crippen LogP) is 7.39. The molecule has 0 saturated heterocycles. The third kappa shape index (κ3) is 5.40. The molecule has 1 aliphatic rings. The molecule has 1 aromatic rings. The van der Waals surface area contributed by atoms with Crippen molar-refractivity contribution in [3.8, 4) is 0 Å². The molecule has 0 atom stereocenters. The average molecular weight is 347 g/mol. The summed E-state index contributed by atoms with van der Waals surface area (Å²) in [5.74, 6) is 0.186. The van der Waals surface area contributed by atoms with Crippen molar-refractivity contribution in [2.45, 2.75) is 46.5 Å². The van der Waals surface area contributed by atoms with Crippen LogP contribution in [-0.2, 0) is 0 Å². The van der Waals surface area contributed by atoms with Gasteiger partial charge in [0.15, 0.2) is 0 Å². The largest absolute Gasteiger partial charge is 0.207 e. The second kappa shape index (κ2) is 8.69. The van der Waals surface area contributed by atoms with E-state index in [-0.39, 0.29) is 11.6 Å². The smallest absolute Gasteiger partial charge is 0.137 e. The van der Waals surface area contributed by atoms with E-state index in [9.17, 15) is 8.78 Å². The van der Waals surface area contributed by atoms with Gasteiger partial charge in [0.25, 0.3) is 0 Å². The summed E-state index contributed by atoms with van der Waals surface area (Å²) in [5, 5.41) is 0.853. The number of hydrogen-bond donors (Lipinski definition) is 0. The molecular formula is C18H22Cl2F2. The first kappa shape index (κ1) is 19.2. The summed E-state index contributed by atoms with van der Waals surface area (Å²) in [5.41, 5.74) is 2.04. The van der Waals surface area contributed by atoms with E-state index in [0.717, 1.165) is 24.0 Å². The maximum absolute atomic E-state index is 12.9. The number of rotatable bonds is 2. The molecule has 122 valence electrons. The molecule has 1 aliphatic carbocycles. The van der Waals surface area contributed by atoms with Gasteiger partial charge in [0.05, 0.1) is 5.03 Å². The highest BCUT2D eigenvalue weighted by Crippen LogP contribution is 2.33. The summed E-state index contributed by atoms with van der Waals surface area (Å²) in [6.07, 6.45) is 3.24. The van der Waals surface area contributed by atoms with Gasteiger partial charge in [-0.05, 0) is 54.0 Å². The minimum Gasteiger partial charge on any atom is -0.207 e. The average Bonchev–Trinajstić information content (AvgIpc) is 2.41. The summed E-state index contributed by atoms with van der Waals surface area (Å²) in [7, 11) is 0. The molecule has 0 bridgehead atoms. The van der Waals surface area contributed by atoms with Gasteiger partial charge < -0.3 is 0 Å². The van der Waals surface area contributed by atoms with E-state index in [1.807, 2.05) is 27.7 Å². The Balaban J connectivity index is 0.000000220. The van der Waals surface area contributed by atoms with Crippen LogP contribution in [0.15, 0.2) is 40.7 Å². The van der Waals surface area contributed by atoms with E-state index in [0.29, 0.717) is 21.9 Å². The van der Waals surface area contributed by atoms with Gasteiger partial charge in [-0.25, -0.2) is 8.78 Å². The third-order valence-corrected chi connectivity index (χ3v) is 4.26. The number of benzene rings is 1. The Bertz CT molecular complexity index is 572. The maximum Gasteiger partial charge on any atom is 0.137 e. The molecule has 0 heterocycles. The maximum atomic E-state index is 12.9. The minimum atomic E-state index is -0.278. The molecule has 0 saturated carbocycles. The van der Waals surface area contributed by atoms with E-state index < -0.39 is 0 Å². The fourth-order valence-electron chi connectivity index (χ4n) is 2.22. The lowest BCUT2D eigenvalue weighted by Gasteiger charge is -2.16. The van der Waals surface area contributed by atoms with Crippen molar-refractivity contribution >= 4 is 23.2 Å². The van der Waals surface area contributed by atoms with E-state index in [1.165, 1.54) is 12.1 Å². The topological polar surface area (TPSA) is 0 Å². The van der Waals surface area contributed by atoms with Crippen LogP contribution in [0.1, 0.15) is 52.0 Å². The summed E-state index contributed by atoms with van der Waals surface area (Å²) >= 11 is 11.5. The Hall–Kier alpha value is -0.860. The first-order valence-corrected chi connectivity index (χ1v) is 8.19. The lowest BCUT2D eigenvalue weighted by Crippen LogP contribution is -2.00. The van der Waals surface area contributed by atoms with Crippen LogP contribution < -0.4 is 0 Å². The molecule has 0 nitrogen and oxygen atoms in total. The minimum absolute atomic E-state index is 0.249. The highest BCUT2D eigenvalue weighted by Gasteiger charge is 2.15.